The maximum atomic E-state index is 12.2. The summed E-state index contributed by atoms with van der Waals surface area (Å²) in [6.07, 6.45) is 6.98. The van der Waals surface area contributed by atoms with Crippen LogP contribution < -0.4 is 5.32 Å². The third kappa shape index (κ3) is 3.93. The Labute approximate surface area is 141 Å². The number of aromatic nitrogens is 2. The second kappa shape index (κ2) is 7.47. The van der Waals surface area contributed by atoms with Gasteiger partial charge in [-0.05, 0) is 37.8 Å². The van der Waals surface area contributed by atoms with E-state index in [0.717, 1.165) is 10.9 Å². The fraction of sp³-hybridized carbons (Fsp3) is 0.500. The van der Waals surface area contributed by atoms with Gasteiger partial charge in [0.05, 0.1) is 17.3 Å². The van der Waals surface area contributed by atoms with Crippen LogP contribution in [0.3, 0.4) is 0 Å². The van der Waals surface area contributed by atoms with Crippen LogP contribution in [0.1, 0.15) is 49.4 Å². The summed E-state index contributed by atoms with van der Waals surface area (Å²) in [7, 11) is 0. The van der Waals surface area contributed by atoms with E-state index >= 15 is 0 Å². The topological polar surface area (TPSA) is 84.1 Å². The van der Waals surface area contributed by atoms with Crippen LogP contribution in [0, 0.1) is 5.92 Å². The molecule has 0 aliphatic heterocycles. The highest BCUT2D eigenvalue weighted by Crippen LogP contribution is 2.22. The molecule has 0 saturated heterocycles. The van der Waals surface area contributed by atoms with Crippen molar-refractivity contribution in [1.29, 1.82) is 0 Å². The SMILES string of the molecule is CC(OC(=O)c1ccc2cn[nH]c2c1)C(=O)NCC1CCCCC1. The van der Waals surface area contributed by atoms with E-state index in [2.05, 4.69) is 15.5 Å². The molecule has 1 aromatic carbocycles. The lowest BCUT2D eigenvalue weighted by Gasteiger charge is -2.22. The molecule has 1 aromatic heterocycles. The molecule has 1 aliphatic rings. The Balaban J connectivity index is 1.51. The van der Waals surface area contributed by atoms with Crippen LogP contribution in [0.5, 0.6) is 0 Å². The highest BCUT2D eigenvalue weighted by molar-refractivity contribution is 5.95. The van der Waals surface area contributed by atoms with Gasteiger partial charge >= 0.3 is 5.97 Å². The van der Waals surface area contributed by atoms with E-state index in [1.54, 1.807) is 31.3 Å². The Morgan fingerprint density at radius 2 is 2.12 bits per heavy atom. The molecule has 2 N–H and O–H groups in total. The van der Waals surface area contributed by atoms with Crippen molar-refractivity contribution in [3.8, 4) is 0 Å². The average molecular weight is 329 g/mol. The number of ether oxygens (including phenoxy) is 1. The van der Waals surface area contributed by atoms with Gasteiger partial charge in [0.1, 0.15) is 0 Å². The molecule has 6 heteroatoms. The molecule has 2 aromatic rings. The Morgan fingerprint density at radius 1 is 1.33 bits per heavy atom. The molecule has 6 nitrogen and oxygen atoms in total. The molecule has 128 valence electrons. The molecule has 1 amide bonds. The monoisotopic (exact) mass is 329 g/mol. The number of fused-ring (bicyclic) bond motifs is 1. The first-order chi connectivity index (χ1) is 11.6. The molecule has 1 saturated carbocycles. The minimum atomic E-state index is -0.807. The standard InChI is InChI=1S/C18H23N3O3/c1-12(17(22)19-10-13-5-3-2-4-6-13)24-18(23)14-7-8-15-11-20-21-16(15)9-14/h7-9,11-13H,2-6,10H2,1H3,(H,19,22)(H,20,21). The summed E-state index contributed by atoms with van der Waals surface area (Å²) >= 11 is 0. The largest absolute Gasteiger partial charge is 0.449 e. The fourth-order valence-electron chi connectivity index (χ4n) is 3.13. The second-order valence-electron chi connectivity index (χ2n) is 6.47. The Kier molecular flexibility index (Phi) is 5.13. The zero-order valence-electron chi connectivity index (χ0n) is 13.9. The average Bonchev–Trinajstić information content (AvgIpc) is 3.08. The van der Waals surface area contributed by atoms with Crippen LogP contribution in [-0.2, 0) is 9.53 Å². The minimum Gasteiger partial charge on any atom is -0.449 e. The molecular formula is C18H23N3O3. The van der Waals surface area contributed by atoms with Gasteiger partial charge in [-0.1, -0.05) is 25.3 Å². The smallest absolute Gasteiger partial charge is 0.338 e. The number of nitrogens with zero attached hydrogens (tertiary/aromatic N) is 1. The zero-order valence-corrected chi connectivity index (χ0v) is 13.9. The summed E-state index contributed by atoms with van der Waals surface area (Å²) in [5.41, 5.74) is 1.16. The van der Waals surface area contributed by atoms with Crippen LogP contribution in [0.15, 0.2) is 24.4 Å². The van der Waals surface area contributed by atoms with Gasteiger partial charge in [0.2, 0.25) is 0 Å². The van der Waals surface area contributed by atoms with Crippen molar-refractivity contribution in [2.45, 2.75) is 45.1 Å². The molecule has 1 fully saturated rings. The van der Waals surface area contributed by atoms with Crippen molar-refractivity contribution < 1.29 is 14.3 Å². The number of carbonyl (C=O) groups is 2. The normalized spacial score (nSPS) is 16.7. The number of aromatic amines is 1. The van der Waals surface area contributed by atoms with Crippen molar-refractivity contribution in [2.24, 2.45) is 5.92 Å². The Hall–Kier alpha value is -2.37. The van der Waals surface area contributed by atoms with Gasteiger partial charge in [-0.2, -0.15) is 5.10 Å². The predicted molar refractivity (Wildman–Crippen MR) is 90.6 cm³/mol. The minimum absolute atomic E-state index is 0.239. The summed E-state index contributed by atoms with van der Waals surface area (Å²) < 4.78 is 5.28. The number of amides is 1. The van der Waals surface area contributed by atoms with E-state index in [-0.39, 0.29) is 5.91 Å². The summed E-state index contributed by atoms with van der Waals surface area (Å²) in [6, 6.07) is 5.15. The molecular weight excluding hydrogens is 306 g/mol. The van der Waals surface area contributed by atoms with Gasteiger partial charge in [0.25, 0.3) is 5.91 Å². The number of H-pyrrole nitrogens is 1. The summed E-state index contributed by atoms with van der Waals surface area (Å²) in [5.74, 6) is -0.197. The first-order valence-corrected chi connectivity index (χ1v) is 8.55. The van der Waals surface area contributed by atoms with Crippen molar-refractivity contribution in [3.63, 3.8) is 0 Å². The fourth-order valence-corrected chi connectivity index (χ4v) is 3.13. The maximum absolute atomic E-state index is 12.2. The lowest BCUT2D eigenvalue weighted by atomic mass is 9.89. The highest BCUT2D eigenvalue weighted by Gasteiger charge is 2.21. The number of hydrogen-bond acceptors (Lipinski definition) is 4. The molecule has 24 heavy (non-hydrogen) atoms. The molecule has 1 aliphatic carbocycles. The Morgan fingerprint density at radius 3 is 2.92 bits per heavy atom. The molecule has 1 atom stereocenters. The number of nitrogens with one attached hydrogen (secondary N) is 2. The van der Waals surface area contributed by atoms with Gasteiger partial charge in [-0.15, -0.1) is 0 Å². The quantitative estimate of drug-likeness (QED) is 0.826. The van der Waals surface area contributed by atoms with E-state index in [1.165, 1.54) is 32.1 Å². The highest BCUT2D eigenvalue weighted by atomic mass is 16.5. The van der Waals surface area contributed by atoms with Gasteiger partial charge in [0.15, 0.2) is 6.10 Å². The predicted octanol–water partition coefficient (Wildman–Crippen LogP) is 2.80. The van der Waals surface area contributed by atoms with Crippen molar-refractivity contribution in [2.75, 3.05) is 6.54 Å². The number of hydrogen-bond donors (Lipinski definition) is 2. The van der Waals surface area contributed by atoms with E-state index in [4.69, 9.17) is 4.74 Å². The third-order valence-electron chi connectivity index (χ3n) is 4.62. The number of rotatable bonds is 5. The molecule has 0 spiro atoms. The second-order valence-corrected chi connectivity index (χ2v) is 6.47. The zero-order chi connectivity index (χ0) is 16.9. The lowest BCUT2D eigenvalue weighted by Crippen LogP contribution is -2.38. The van der Waals surface area contributed by atoms with Crippen LogP contribution in [0.25, 0.3) is 10.9 Å². The molecule has 1 unspecified atom stereocenters. The first kappa shape index (κ1) is 16.5. The summed E-state index contributed by atoms with van der Waals surface area (Å²) in [6.45, 7) is 2.27. The van der Waals surface area contributed by atoms with E-state index in [0.29, 0.717) is 18.0 Å². The van der Waals surface area contributed by atoms with Gasteiger partial charge in [-0.25, -0.2) is 4.79 Å². The number of benzene rings is 1. The van der Waals surface area contributed by atoms with Crippen LogP contribution in [-0.4, -0.2) is 34.7 Å². The molecule has 3 rings (SSSR count). The lowest BCUT2D eigenvalue weighted by molar-refractivity contribution is -0.129. The summed E-state index contributed by atoms with van der Waals surface area (Å²) in [4.78, 5) is 24.3. The van der Waals surface area contributed by atoms with Crippen molar-refractivity contribution >= 4 is 22.8 Å². The molecule has 0 radical (unpaired) electrons. The van der Waals surface area contributed by atoms with E-state index in [9.17, 15) is 9.59 Å². The van der Waals surface area contributed by atoms with Gasteiger partial charge < -0.3 is 10.1 Å². The van der Waals surface area contributed by atoms with E-state index in [1.807, 2.05) is 0 Å². The van der Waals surface area contributed by atoms with E-state index < -0.39 is 12.1 Å². The number of carbonyl (C=O) groups excluding carboxylic acids is 2. The van der Waals surface area contributed by atoms with Crippen LogP contribution in [0.4, 0.5) is 0 Å². The number of esters is 1. The first-order valence-electron chi connectivity index (χ1n) is 8.55. The maximum Gasteiger partial charge on any atom is 0.338 e. The third-order valence-corrected chi connectivity index (χ3v) is 4.62. The van der Waals surface area contributed by atoms with Crippen LogP contribution >= 0.6 is 0 Å². The van der Waals surface area contributed by atoms with Gasteiger partial charge in [0, 0.05) is 11.9 Å². The molecule has 1 heterocycles. The van der Waals surface area contributed by atoms with Crippen molar-refractivity contribution in [1.82, 2.24) is 15.5 Å². The summed E-state index contributed by atoms with van der Waals surface area (Å²) in [5, 5.41) is 10.6. The van der Waals surface area contributed by atoms with Crippen LogP contribution in [0.2, 0.25) is 0 Å². The molecule has 0 bridgehead atoms. The van der Waals surface area contributed by atoms with Crippen molar-refractivity contribution in [3.05, 3.63) is 30.0 Å². The van der Waals surface area contributed by atoms with Gasteiger partial charge in [-0.3, -0.25) is 9.89 Å². The Bertz CT molecular complexity index is 719.